The van der Waals surface area contributed by atoms with Crippen molar-refractivity contribution in [3.63, 3.8) is 0 Å². The molecule has 18 heavy (non-hydrogen) atoms. The number of aromatic carboxylic acids is 1. The molecule has 1 aromatic heterocycles. The standard InChI is InChI=1S/C13H22N2O2S/c1-5-6-7-15(4)8-10-11(13(16)17)14-12(18-10)9(2)3/h9H,5-8H2,1-4H3,(H,16,17). The van der Waals surface area contributed by atoms with E-state index in [4.69, 9.17) is 0 Å². The zero-order valence-corrected chi connectivity index (χ0v) is 12.4. The van der Waals surface area contributed by atoms with E-state index in [0.29, 0.717) is 6.54 Å². The highest BCUT2D eigenvalue weighted by Crippen LogP contribution is 2.26. The molecule has 0 fully saturated rings. The van der Waals surface area contributed by atoms with Gasteiger partial charge in [-0.05, 0) is 20.0 Å². The molecular formula is C13H22N2O2S. The topological polar surface area (TPSA) is 53.4 Å². The van der Waals surface area contributed by atoms with Crippen molar-refractivity contribution >= 4 is 17.3 Å². The summed E-state index contributed by atoms with van der Waals surface area (Å²) in [7, 11) is 2.02. The first-order chi connectivity index (χ1) is 8.45. The lowest BCUT2D eigenvalue weighted by molar-refractivity contribution is 0.0689. The summed E-state index contributed by atoms with van der Waals surface area (Å²) < 4.78 is 0. The van der Waals surface area contributed by atoms with Crippen molar-refractivity contribution in [1.29, 1.82) is 0 Å². The van der Waals surface area contributed by atoms with Gasteiger partial charge in [0.2, 0.25) is 0 Å². The van der Waals surface area contributed by atoms with Crippen LogP contribution in [0, 0.1) is 0 Å². The van der Waals surface area contributed by atoms with E-state index in [0.717, 1.165) is 29.3 Å². The summed E-state index contributed by atoms with van der Waals surface area (Å²) in [6.07, 6.45) is 2.28. The zero-order chi connectivity index (χ0) is 13.7. The molecule has 0 aliphatic rings. The van der Waals surface area contributed by atoms with Crippen LogP contribution in [-0.2, 0) is 6.54 Å². The number of hydrogen-bond donors (Lipinski definition) is 1. The van der Waals surface area contributed by atoms with Gasteiger partial charge in [0, 0.05) is 12.5 Å². The maximum absolute atomic E-state index is 11.2. The first-order valence-corrected chi connectivity index (χ1v) is 7.18. The molecule has 1 aromatic rings. The first-order valence-electron chi connectivity index (χ1n) is 6.37. The highest BCUT2D eigenvalue weighted by molar-refractivity contribution is 7.12. The van der Waals surface area contributed by atoms with Crippen LogP contribution in [0.3, 0.4) is 0 Å². The lowest BCUT2D eigenvalue weighted by atomic mass is 10.2. The van der Waals surface area contributed by atoms with Gasteiger partial charge in [-0.3, -0.25) is 0 Å². The predicted octanol–water partition coefficient (Wildman–Crippen LogP) is 3.20. The molecule has 0 aliphatic carbocycles. The fraction of sp³-hybridized carbons (Fsp3) is 0.692. The fourth-order valence-corrected chi connectivity index (χ4v) is 2.78. The summed E-state index contributed by atoms with van der Waals surface area (Å²) in [5.41, 5.74) is 0.229. The molecule has 0 bridgehead atoms. The molecule has 1 N–H and O–H groups in total. The summed E-state index contributed by atoms with van der Waals surface area (Å²) >= 11 is 1.52. The number of rotatable bonds is 7. The lowest BCUT2D eigenvalue weighted by Crippen LogP contribution is -2.19. The summed E-state index contributed by atoms with van der Waals surface area (Å²) in [6.45, 7) is 7.89. The van der Waals surface area contributed by atoms with Crippen molar-refractivity contribution in [3.8, 4) is 0 Å². The molecular weight excluding hydrogens is 248 g/mol. The van der Waals surface area contributed by atoms with Crippen LogP contribution in [0.15, 0.2) is 0 Å². The highest BCUT2D eigenvalue weighted by atomic mass is 32.1. The lowest BCUT2D eigenvalue weighted by Gasteiger charge is -2.14. The van der Waals surface area contributed by atoms with Gasteiger partial charge in [0.25, 0.3) is 0 Å². The van der Waals surface area contributed by atoms with Crippen LogP contribution >= 0.6 is 11.3 Å². The van der Waals surface area contributed by atoms with Gasteiger partial charge in [0.15, 0.2) is 5.69 Å². The Morgan fingerprint density at radius 3 is 2.67 bits per heavy atom. The van der Waals surface area contributed by atoms with Crippen molar-refractivity contribution in [3.05, 3.63) is 15.6 Å². The van der Waals surface area contributed by atoms with E-state index in [1.165, 1.54) is 11.3 Å². The van der Waals surface area contributed by atoms with Gasteiger partial charge >= 0.3 is 5.97 Å². The van der Waals surface area contributed by atoms with Crippen molar-refractivity contribution in [2.24, 2.45) is 0 Å². The van der Waals surface area contributed by atoms with Crippen LogP contribution in [0.2, 0.25) is 0 Å². The molecule has 0 aliphatic heterocycles. The number of thiazole rings is 1. The molecule has 0 atom stereocenters. The van der Waals surface area contributed by atoms with Crippen molar-refractivity contribution in [2.75, 3.05) is 13.6 Å². The Hall–Kier alpha value is -0.940. The number of nitrogens with zero attached hydrogens (tertiary/aromatic N) is 2. The Balaban J connectivity index is 2.82. The minimum Gasteiger partial charge on any atom is -0.476 e. The van der Waals surface area contributed by atoms with Crippen LogP contribution in [0.1, 0.15) is 59.9 Å². The minimum absolute atomic E-state index is 0.229. The van der Waals surface area contributed by atoms with E-state index in [1.54, 1.807) is 0 Å². The van der Waals surface area contributed by atoms with E-state index in [9.17, 15) is 9.90 Å². The summed E-state index contributed by atoms with van der Waals surface area (Å²) in [5.74, 6) is -0.639. The van der Waals surface area contributed by atoms with Crippen LogP contribution in [0.25, 0.3) is 0 Å². The van der Waals surface area contributed by atoms with Gasteiger partial charge in [-0.1, -0.05) is 27.2 Å². The van der Waals surface area contributed by atoms with E-state index in [1.807, 2.05) is 20.9 Å². The van der Waals surface area contributed by atoms with E-state index < -0.39 is 5.97 Å². The maximum atomic E-state index is 11.2. The van der Waals surface area contributed by atoms with Crippen LogP contribution < -0.4 is 0 Å². The zero-order valence-electron chi connectivity index (χ0n) is 11.6. The number of unbranched alkanes of at least 4 members (excludes halogenated alkanes) is 1. The SMILES string of the molecule is CCCCN(C)Cc1sc(C(C)C)nc1C(=O)O. The second kappa shape index (κ2) is 6.85. The van der Waals surface area contributed by atoms with Gasteiger partial charge in [-0.25, -0.2) is 9.78 Å². The summed E-state index contributed by atoms with van der Waals surface area (Å²) in [4.78, 5) is 18.4. The van der Waals surface area contributed by atoms with Crippen LogP contribution in [0.5, 0.6) is 0 Å². The average molecular weight is 270 g/mol. The predicted molar refractivity (Wildman–Crippen MR) is 74.4 cm³/mol. The molecule has 0 saturated heterocycles. The van der Waals surface area contributed by atoms with Crippen LogP contribution in [0.4, 0.5) is 0 Å². The largest absolute Gasteiger partial charge is 0.476 e. The monoisotopic (exact) mass is 270 g/mol. The molecule has 0 saturated carbocycles. The van der Waals surface area contributed by atoms with Crippen molar-refractivity contribution in [2.45, 2.75) is 46.1 Å². The Morgan fingerprint density at radius 2 is 2.17 bits per heavy atom. The Labute approximate surface area is 113 Å². The molecule has 4 nitrogen and oxygen atoms in total. The number of hydrogen-bond acceptors (Lipinski definition) is 4. The smallest absolute Gasteiger partial charge is 0.355 e. The van der Waals surface area contributed by atoms with Crippen molar-refractivity contribution in [1.82, 2.24) is 9.88 Å². The number of aromatic nitrogens is 1. The molecule has 0 unspecified atom stereocenters. The third-order valence-corrected chi connectivity index (χ3v) is 4.06. The Bertz CT molecular complexity index is 402. The second-order valence-electron chi connectivity index (χ2n) is 4.88. The minimum atomic E-state index is -0.919. The fourth-order valence-electron chi connectivity index (χ4n) is 1.64. The Morgan fingerprint density at radius 1 is 1.50 bits per heavy atom. The van der Waals surface area contributed by atoms with Crippen molar-refractivity contribution < 1.29 is 9.90 Å². The number of carbonyl (C=O) groups is 1. The Kier molecular flexibility index (Phi) is 5.75. The molecule has 0 radical (unpaired) electrons. The van der Waals surface area contributed by atoms with E-state index in [-0.39, 0.29) is 11.6 Å². The maximum Gasteiger partial charge on any atom is 0.355 e. The normalized spacial score (nSPS) is 11.4. The molecule has 0 aromatic carbocycles. The van der Waals surface area contributed by atoms with Gasteiger partial charge in [-0.15, -0.1) is 11.3 Å². The van der Waals surface area contributed by atoms with Gasteiger partial charge in [0.1, 0.15) is 0 Å². The van der Waals surface area contributed by atoms with E-state index >= 15 is 0 Å². The second-order valence-corrected chi connectivity index (χ2v) is 5.99. The highest BCUT2D eigenvalue weighted by Gasteiger charge is 2.19. The number of carboxylic acids is 1. The molecule has 0 amide bonds. The number of carboxylic acid groups (broad SMARTS) is 1. The summed E-state index contributed by atoms with van der Waals surface area (Å²) in [6, 6.07) is 0. The van der Waals surface area contributed by atoms with E-state index in [2.05, 4.69) is 16.8 Å². The van der Waals surface area contributed by atoms with Gasteiger partial charge in [-0.2, -0.15) is 0 Å². The third kappa shape index (κ3) is 4.07. The average Bonchev–Trinajstić information content (AvgIpc) is 2.70. The molecule has 1 heterocycles. The van der Waals surface area contributed by atoms with Crippen LogP contribution in [-0.4, -0.2) is 34.6 Å². The summed E-state index contributed by atoms with van der Waals surface area (Å²) in [5, 5.41) is 10.1. The molecule has 1 rings (SSSR count). The molecule has 102 valence electrons. The molecule has 5 heteroatoms. The quantitative estimate of drug-likeness (QED) is 0.826. The first kappa shape index (κ1) is 15.1. The van der Waals surface area contributed by atoms with Gasteiger partial charge in [0.05, 0.1) is 9.88 Å². The molecule has 0 spiro atoms. The van der Waals surface area contributed by atoms with Gasteiger partial charge < -0.3 is 10.0 Å². The third-order valence-electron chi connectivity index (χ3n) is 2.72.